The zero-order valence-electron chi connectivity index (χ0n) is 12.4. The maximum absolute atomic E-state index is 11.6. The SMILES string of the molecule is COC(=O)c1nc(N(C)CCOC(C)C)sc1C(C)=O. The van der Waals surface area contributed by atoms with Gasteiger partial charge in [0.05, 0.1) is 19.8 Å². The average Bonchev–Trinajstić information content (AvgIpc) is 2.82. The van der Waals surface area contributed by atoms with Crippen LogP contribution in [-0.4, -0.2) is 50.1 Å². The van der Waals surface area contributed by atoms with E-state index in [4.69, 9.17) is 4.74 Å². The number of ketones is 1. The summed E-state index contributed by atoms with van der Waals surface area (Å²) >= 11 is 1.19. The maximum atomic E-state index is 11.6. The van der Waals surface area contributed by atoms with Gasteiger partial charge in [0.25, 0.3) is 0 Å². The Labute approximate surface area is 122 Å². The quantitative estimate of drug-likeness (QED) is 0.566. The van der Waals surface area contributed by atoms with Gasteiger partial charge < -0.3 is 14.4 Å². The molecule has 20 heavy (non-hydrogen) atoms. The Bertz CT molecular complexity index is 485. The van der Waals surface area contributed by atoms with Gasteiger partial charge in [0, 0.05) is 20.5 Å². The standard InChI is InChI=1S/C13H20N2O4S/c1-8(2)19-7-6-15(4)13-14-10(12(17)18-5)11(20-13)9(3)16/h8H,6-7H2,1-5H3. The van der Waals surface area contributed by atoms with Crippen LogP contribution >= 0.6 is 11.3 Å². The van der Waals surface area contributed by atoms with E-state index in [0.29, 0.717) is 23.2 Å². The van der Waals surface area contributed by atoms with Crippen LogP contribution in [0.1, 0.15) is 40.9 Å². The van der Waals surface area contributed by atoms with E-state index in [9.17, 15) is 9.59 Å². The first kappa shape index (κ1) is 16.6. The van der Waals surface area contributed by atoms with Gasteiger partial charge in [-0.05, 0) is 13.8 Å². The molecule has 0 saturated heterocycles. The van der Waals surface area contributed by atoms with E-state index in [1.807, 2.05) is 25.8 Å². The summed E-state index contributed by atoms with van der Waals surface area (Å²) in [5.41, 5.74) is 0.0802. The van der Waals surface area contributed by atoms with Gasteiger partial charge in [0.2, 0.25) is 0 Å². The first-order valence-electron chi connectivity index (χ1n) is 6.29. The fourth-order valence-corrected chi connectivity index (χ4v) is 2.40. The number of methoxy groups -OCH3 is 1. The van der Waals surface area contributed by atoms with Crippen molar-refractivity contribution in [2.24, 2.45) is 0 Å². The van der Waals surface area contributed by atoms with Gasteiger partial charge in [-0.3, -0.25) is 4.79 Å². The van der Waals surface area contributed by atoms with Crippen molar-refractivity contribution in [1.29, 1.82) is 0 Å². The molecule has 0 bridgehead atoms. The van der Waals surface area contributed by atoms with E-state index in [1.54, 1.807) is 0 Å². The molecule has 1 rings (SSSR count). The second kappa shape index (κ2) is 7.35. The summed E-state index contributed by atoms with van der Waals surface area (Å²) < 4.78 is 10.1. The van der Waals surface area contributed by atoms with Gasteiger partial charge in [0.1, 0.15) is 4.88 Å². The largest absolute Gasteiger partial charge is 0.464 e. The van der Waals surface area contributed by atoms with Crippen LogP contribution in [0.2, 0.25) is 0 Å². The van der Waals surface area contributed by atoms with E-state index in [0.717, 1.165) is 0 Å². The summed E-state index contributed by atoms with van der Waals surface area (Å²) in [6.45, 7) is 6.52. The lowest BCUT2D eigenvalue weighted by Gasteiger charge is -2.16. The molecule has 0 radical (unpaired) electrons. The topological polar surface area (TPSA) is 68.7 Å². The van der Waals surface area contributed by atoms with E-state index in [2.05, 4.69) is 9.72 Å². The van der Waals surface area contributed by atoms with Gasteiger partial charge in [0.15, 0.2) is 16.6 Å². The molecule has 0 unspecified atom stereocenters. The lowest BCUT2D eigenvalue weighted by molar-refractivity contribution is 0.0591. The molecule has 0 aromatic carbocycles. The number of esters is 1. The first-order valence-corrected chi connectivity index (χ1v) is 7.11. The van der Waals surface area contributed by atoms with E-state index >= 15 is 0 Å². The van der Waals surface area contributed by atoms with E-state index in [-0.39, 0.29) is 17.6 Å². The molecule has 0 amide bonds. The molecule has 6 nitrogen and oxygen atoms in total. The number of hydrogen-bond acceptors (Lipinski definition) is 7. The van der Waals surface area contributed by atoms with Crippen LogP contribution < -0.4 is 4.90 Å². The third-order valence-electron chi connectivity index (χ3n) is 2.52. The molecular formula is C13H20N2O4S. The van der Waals surface area contributed by atoms with Crippen LogP contribution in [0, 0.1) is 0 Å². The van der Waals surface area contributed by atoms with E-state index in [1.165, 1.54) is 25.4 Å². The Morgan fingerprint density at radius 3 is 2.55 bits per heavy atom. The van der Waals surface area contributed by atoms with Crippen LogP contribution in [0.3, 0.4) is 0 Å². The molecule has 0 aliphatic carbocycles. The van der Waals surface area contributed by atoms with Crippen molar-refractivity contribution in [3.8, 4) is 0 Å². The Balaban J connectivity index is 2.85. The maximum Gasteiger partial charge on any atom is 0.358 e. The zero-order valence-corrected chi connectivity index (χ0v) is 13.2. The van der Waals surface area contributed by atoms with Crippen LogP contribution in [0.15, 0.2) is 0 Å². The number of likely N-dealkylation sites (N-methyl/N-ethyl adjacent to an activating group) is 1. The number of Topliss-reactive ketones (excluding diaryl/α,β-unsaturated/α-hetero) is 1. The van der Waals surface area contributed by atoms with Crippen LogP contribution in [0.5, 0.6) is 0 Å². The van der Waals surface area contributed by atoms with Crippen molar-refractivity contribution in [3.05, 3.63) is 10.6 Å². The van der Waals surface area contributed by atoms with Crippen molar-refractivity contribution in [2.45, 2.75) is 26.9 Å². The first-order chi connectivity index (χ1) is 9.36. The predicted molar refractivity (Wildman–Crippen MR) is 77.8 cm³/mol. The summed E-state index contributed by atoms with van der Waals surface area (Å²) in [6, 6.07) is 0. The highest BCUT2D eigenvalue weighted by atomic mass is 32.1. The monoisotopic (exact) mass is 300 g/mol. The van der Waals surface area contributed by atoms with Crippen LogP contribution in [0.4, 0.5) is 5.13 Å². The lowest BCUT2D eigenvalue weighted by atomic mass is 10.3. The van der Waals surface area contributed by atoms with Crippen molar-refractivity contribution < 1.29 is 19.1 Å². The average molecular weight is 300 g/mol. The minimum absolute atomic E-state index is 0.0802. The number of anilines is 1. The number of thiazole rings is 1. The lowest BCUT2D eigenvalue weighted by Crippen LogP contribution is -2.23. The second-order valence-corrected chi connectivity index (χ2v) is 5.54. The molecule has 1 aromatic rings. The molecule has 7 heteroatoms. The molecule has 112 valence electrons. The highest BCUT2D eigenvalue weighted by molar-refractivity contribution is 7.17. The van der Waals surface area contributed by atoms with Crippen LogP contribution in [0.25, 0.3) is 0 Å². The third-order valence-corrected chi connectivity index (χ3v) is 3.79. The van der Waals surface area contributed by atoms with Crippen LogP contribution in [-0.2, 0) is 9.47 Å². The van der Waals surface area contributed by atoms with Gasteiger partial charge in [-0.2, -0.15) is 0 Å². The molecule has 1 heterocycles. The predicted octanol–water partition coefficient (Wildman–Crippen LogP) is 1.99. The summed E-state index contributed by atoms with van der Waals surface area (Å²) in [4.78, 5) is 29.5. The Hall–Kier alpha value is -1.47. The smallest absolute Gasteiger partial charge is 0.358 e. The molecule has 0 atom stereocenters. The number of rotatable bonds is 7. The highest BCUT2D eigenvalue weighted by Gasteiger charge is 2.23. The van der Waals surface area contributed by atoms with Crippen molar-refractivity contribution in [1.82, 2.24) is 4.98 Å². The Morgan fingerprint density at radius 2 is 2.05 bits per heavy atom. The number of aromatic nitrogens is 1. The normalized spacial score (nSPS) is 10.7. The number of nitrogens with zero attached hydrogens (tertiary/aromatic N) is 2. The second-order valence-electron chi connectivity index (χ2n) is 4.56. The number of ether oxygens (including phenoxy) is 2. The Kier molecular flexibility index (Phi) is 6.09. The van der Waals surface area contributed by atoms with Gasteiger partial charge in [-0.15, -0.1) is 0 Å². The molecular weight excluding hydrogens is 280 g/mol. The fraction of sp³-hybridized carbons (Fsp3) is 0.615. The summed E-state index contributed by atoms with van der Waals surface area (Å²) in [5.74, 6) is -0.787. The molecule has 0 N–H and O–H groups in total. The van der Waals surface area contributed by atoms with Gasteiger partial charge in [-0.1, -0.05) is 11.3 Å². The number of carbonyl (C=O) groups excluding carboxylic acids is 2. The molecule has 0 saturated carbocycles. The highest BCUT2D eigenvalue weighted by Crippen LogP contribution is 2.26. The summed E-state index contributed by atoms with van der Waals surface area (Å²) in [5, 5.41) is 0.600. The fourth-order valence-electron chi connectivity index (χ4n) is 1.47. The summed E-state index contributed by atoms with van der Waals surface area (Å²) in [6.07, 6.45) is 0.165. The molecule has 1 aromatic heterocycles. The molecule has 0 aliphatic heterocycles. The molecule has 0 fully saturated rings. The Morgan fingerprint density at radius 1 is 1.40 bits per heavy atom. The van der Waals surface area contributed by atoms with Gasteiger partial charge >= 0.3 is 5.97 Å². The zero-order chi connectivity index (χ0) is 15.3. The summed E-state index contributed by atoms with van der Waals surface area (Å²) in [7, 11) is 3.11. The molecule has 0 aliphatic rings. The van der Waals surface area contributed by atoms with Crippen molar-refractivity contribution in [3.63, 3.8) is 0 Å². The minimum Gasteiger partial charge on any atom is -0.464 e. The van der Waals surface area contributed by atoms with Crippen molar-refractivity contribution >= 4 is 28.2 Å². The number of carbonyl (C=O) groups is 2. The van der Waals surface area contributed by atoms with E-state index < -0.39 is 5.97 Å². The van der Waals surface area contributed by atoms with Gasteiger partial charge in [-0.25, -0.2) is 9.78 Å². The number of hydrogen-bond donors (Lipinski definition) is 0. The third kappa shape index (κ3) is 4.28. The van der Waals surface area contributed by atoms with Crippen molar-refractivity contribution in [2.75, 3.05) is 32.2 Å². The molecule has 0 spiro atoms. The minimum atomic E-state index is -0.593.